The molecule has 1 aliphatic rings. The first kappa shape index (κ1) is 14.4. The number of nitrogens with zero attached hydrogens (tertiary/aromatic N) is 1. The maximum absolute atomic E-state index is 11.9. The van der Waals surface area contributed by atoms with E-state index in [-0.39, 0.29) is 17.9 Å². The number of carbonyl (C=O) groups excluding carboxylic acids is 2. The van der Waals surface area contributed by atoms with Crippen LogP contribution >= 0.6 is 0 Å². The number of nitrogens with one attached hydrogen (secondary N) is 2. The van der Waals surface area contributed by atoms with Gasteiger partial charge >= 0.3 is 6.09 Å². The van der Waals surface area contributed by atoms with Crippen LogP contribution in [-0.4, -0.2) is 40.6 Å². The van der Waals surface area contributed by atoms with E-state index in [1.807, 2.05) is 39.8 Å². The minimum atomic E-state index is -0.508. The Bertz CT molecular complexity index is 510. The molecule has 0 saturated carbocycles. The van der Waals surface area contributed by atoms with E-state index in [9.17, 15) is 9.59 Å². The summed E-state index contributed by atoms with van der Waals surface area (Å²) in [6, 6.07) is 3.71. The lowest BCUT2D eigenvalue weighted by molar-refractivity contribution is -0.124. The average molecular weight is 279 g/mol. The summed E-state index contributed by atoms with van der Waals surface area (Å²) in [7, 11) is 0. The van der Waals surface area contributed by atoms with Gasteiger partial charge in [0.05, 0.1) is 5.92 Å². The quantitative estimate of drug-likeness (QED) is 0.871. The molecule has 2 rings (SSSR count). The summed E-state index contributed by atoms with van der Waals surface area (Å²) < 4.78 is 5.24. The van der Waals surface area contributed by atoms with Gasteiger partial charge in [0.2, 0.25) is 5.91 Å². The predicted octanol–water partition coefficient (Wildman–Crippen LogP) is 2.13. The molecule has 0 radical (unpaired) electrons. The zero-order chi connectivity index (χ0) is 14.9. The largest absolute Gasteiger partial charge is 0.444 e. The summed E-state index contributed by atoms with van der Waals surface area (Å²) in [6.07, 6.45) is -0.364. The number of carbonyl (C=O) groups is 2. The van der Waals surface area contributed by atoms with E-state index >= 15 is 0 Å². The fourth-order valence-corrected chi connectivity index (χ4v) is 1.93. The molecule has 2 N–H and O–H groups in total. The first-order valence-electron chi connectivity index (χ1n) is 6.69. The predicted molar refractivity (Wildman–Crippen MR) is 75.5 cm³/mol. The van der Waals surface area contributed by atoms with Crippen LogP contribution in [-0.2, 0) is 9.53 Å². The number of hydrogen-bond donors (Lipinski definition) is 2. The molecule has 0 bridgehead atoms. The summed E-state index contributed by atoms with van der Waals surface area (Å²) >= 11 is 0. The highest BCUT2D eigenvalue weighted by molar-refractivity contribution is 5.93. The highest BCUT2D eigenvalue weighted by Gasteiger charge is 2.37. The SMILES string of the molecule is Cc1ccc(NC(=O)C2CN(C(=O)OC(C)(C)C)C2)[nH]1. The Morgan fingerprint density at radius 1 is 1.35 bits per heavy atom. The summed E-state index contributed by atoms with van der Waals surface area (Å²) in [5, 5.41) is 2.80. The highest BCUT2D eigenvalue weighted by atomic mass is 16.6. The number of anilines is 1. The van der Waals surface area contributed by atoms with E-state index in [4.69, 9.17) is 4.74 Å². The summed E-state index contributed by atoms with van der Waals surface area (Å²) in [4.78, 5) is 28.3. The minimum Gasteiger partial charge on any atom is -0.444 e. The molecule has 0 spiro atoms. The van der Waals surface area contributed by atoms with Crippen molar-refractivity contribution in [3.63, 3.8) is 0 Å². The number of likely N-dealkylation sites (tertiary alicyclic amines) is 1. The van der Waals surface area contributed by atoms with Crippen LogP contribution in [0, 0.1) is 12.8 Å². The molecule has 0 aliphatic carbocycles. The number of aromatic nitrogens is 1. The standard InChI is InChI=1S/C14H21N3O3/c1-9-5-6-11(15-9)16-12(18)10-7-17(8-10)13(19)20-14(2,3)4/h5-6,10,15H,7-8H2,1-4H3,(H,16,18). The van der Waals surface area contributed by atoms with E-state index in [0.29, 0.717) is 18.9 Å². The molecule has 2 heterocycles. The number of hydrogen-bond acceptors (Lipinski definition) is 3. The van der Waals surface area contributed by atoms with Gasteiger partial charge in [0.25, 0.3) is 0 Å². The van der Waals surface area contributed by atoms with Crippen LogP contribution in [0.25, 0.3) is 0 Å². The molecule has 1 aromatic heterocycles. The van der Waals surface area contributed by atoms with Crippen LogP contribution < -0.4 is 5.32 Å². The van der Waals surface area contributed by atoms with Gasteiger partial charge < -0.3 is 19.9 Å². The van der Waals surface area contributed by atoms with E-state index < -0.39 is 5.60 Å². The van der Waals surface area contributed by atoms with Crippen molar-refractivity contribution < 1.29 is 14.3 Å². The van der Waals surface area contributed by atoms with E-state index in [0.717, 1.165) is 5.69 Å². The van der Waals surface area contributed by atoms with Gasteiger partial charge in [0, 0.05) is 18.8 Å². The van der Waals surface area contributed by atoms with Crippen LogP contribution in [0.4, 0.5) is 10.6 Å². The third-order valence-electron chi connectivity index (χ3n) is 2.99. The van der Waals surface area contributed by atoms with Gasteiger partial charge in [0.15, 0.2) is 0 Å². The minimum absolute atomic E-state index is 0.0772. The zero-order valence-electron chi connectivity index (χ0n) is 12.3. The Hall–Kier alpha value is -1.98. The number of aryl methyl sites for hydroxylation is 1. The van der Waals surface area contributed by atoms with Crippen LogP contribution in [0.2, 0.25) is 0 Å². The molecule has 0 aromatic carbocycles. The number of aromatic amines is 1. The van der Waals surface area contributed by atoms with Crippen molar-refractivity contribution >= 4 is 17.8 Å². The second-order valence-electron chi connectivity index (χ2n) is 6.13. The lowest BCUT2D eigenvalue weighted by Crippen LogP contribution is -2.55. The lowest BCUT2D eigenvalue weighted by atomic mass is 10.00. The van der Waals surface area contributed by atoms with Crippen LogP contribution in [0.1, 0.15) is 26.5 Å². The molecule has 1 aliphatic heterocycles. The third-order valence-corrected chi connectivity index (χ3v) is 2.99. The van der Waals surface area contributed by atoms with Gasteiger partial charge in [-0.1, -0.05) is 0 Å². The topological polar surface area (TPSA) is 74.4 Å². The van der Waals surface area contributed by atoms with Crippen molar-refractivity contribution in [3.8, 4) is 0 Å². The van der Waals surface area contributed by atoms with Crippen molar-refractivity contribution in [2.45, 2.75) is 33.3 Å². The number of H-pyrrole nitrogens is 1. The maximum Gasteiger partial charge on any atom is 0.410 e. The molecular formula is C14H21N3O3. The molecule has 0 atom stereocenters. The van der Waals surface area contributed by atoms with Crippen molar-refractivity contribution in [2.75, 3.05) is 18.4 Å². The normalized spacial score (nSPS) is 15.7. The van der Waals surface area contributed by atoms with Gasteiger partial charge in [-0.25, -0.2) is 4.79 Å². The first-order chi connectivity index (χ1) is 9.24. The smallest absolute Gasteiger partial charge is 0.410 e. The number of rotatable bonds is 2. The molecular weight excluding hydrogens is 258 g/mol. The summed E-state index contributed by atoms with van der Waals surface area (Å²) in [5.74, 6) is 0.431. The van der Waals surface area contributed by atoms with Gasteiger partial charge in [-0.2, -0.15) is 0 Å². The second kappa shape index (κ2) is 5.19. The number of ether oxygens (including phenoxy) is 1. The fraction of sp³-hybridized carbons (Fsp3) is 0.571. The molecule has 1 saturated heterocycles. The van der Waals surface area contributed by atoms with E-state index in [1.54, 1.807) is 0 Å². The summed E-state index contributed by atoms with van der Waals surface area (Å²) in [6.45, 7) is 8.19. The molecule has 0 unspecified atom stereocenters. The van der Waals surface area contributed by atoms with Crippen LogP contribution in [0.5, 0.6) is 0 Å². The molecule has 20 heavy (non-hydrogen) atoms. The van der Waals surface area contributed by atoms with Crippen molar-refractivity contribution in [2.24, 2.45) is 5.92 Å². The monoisotopic (exact) mass is 279 g/mol. The Kier molecular flexibility index (Phi) is 3.74. The Morgan fingerprint density at radius 2 is 2.00 bits per heavy atom. The molecule has 6 nitrogen and oxygen atoms in total. The van der Waals surface area contributed by atoms with Crippen molar-refractivity contribution in [1.82, 2.24) is 9.88 Å². The molecule has 1 aromatic rings. The molecule has 6 heteroatoms. The second-order valence-corrected chi connectivity index (χ2v) is 6.13. The van der Waals surface area contributed by atoms with Gasteiger partial charge in [-0.15, -0.1) is 0 Å². The maximum atomic E-state index is 11.9. The first-order valence-corrected chi connectivity index (χ1v) is 6.69. The van der Waals surface area contributed by atoms with E-state index in [1.165, 1.54) is 4.90 Å². The van der Waals surface area contributed by atoms with Crippen molar-refractivity contribution in [3.05, 3.63) is 17.8 Å². The Morgan fingerprint density at radius 3 is 2.50 bits per heavy atom. The van der Waals surface area contributed by atoms with Gasteiger partial charge in [0.1, 0.15) is 11.4 Å². The zero-order valence-corrected chi connectivity index (χ0v) is 12.3. The lowest BCUT2D eigenvalue weighted by Gasteiger charge is -2.38. The van der Waals surface area contributed by atoms with Crippen molar-refractivity contribution in [1.29, 1.82) is 0 Å². The highest BCUT2D eigenvalue weighted by Crippen LogP contribution is 2.21. The Balaban J connectivity index is 1.78. The van der Waals surface area contributed by atoms with Crippen LogP contribution in [0.3, 0.4) is 0 Å². The van der Waals surface area contributed by atoms with Gasteiger partial charge in [-0.3, -0.25) is 4.79 Å². The molecule has 110 valence electrons. The fourth-order valence-electron chi connectivity index (χ4n) is 1.93. The van der Waals surface area contributed by atoms with Gasteiger partial charge in [-0.05, 0) is 39.8 Å². The molecule has 2 amide bonds. The van der Waals surface area contributed by atoms with E-state index in [2.05, 4.69) is 10.3 Å². The number of amides is 2. The average Bonchev–Trinajstić information content (AvgIpc) is 2.58. The molecule has 1 fully saturated rings. The van der Waals surface area contributed by atoms with Crippen LogP contribution in [0.15, 0.2) is 12.1 Å². The summed E-state index contributed by atoms with van der Waals surface area (Å²) in [5.41, 5.74) is 0.482. The Labute approximate surface area is 118 Å². The third kappa shape index (κ3) is 3.53.